The van der Waals surface area contributed by atoms with E-state index in [1.54, 1.807) is 43.3 Å². The molecule has 3 rings (SSSR count). The molecule has 0 atom stereocenters. The third-order valence-corrected chi connectivity index (χ3v) is 6.10. The Morgan fingerprint density at radius 1 is 1.07 bits per heavy atom. The number of aromatic nitrogens is 2. The Hall–Kier alpha value is -3.13. The van der Waals surface area contributed by atoms with E-state index in [0.29, 0.717) is 11.3 Å². The van der Waals surface area contributed by atoms with Gasteiger partial charge in [-0.15, -0.1) is 0 Å². The van der Waals surface area contributed by atoms with Gasteiger partial charge < -0.3 is 5.11 Å². The van der Waals surface area contributed by atoms with Crippen molar-refractivity contribution < 1.29 is 18.3 Å². The number of aliphatic carboxylic acids is 1. The quantitative estimate of drug-likeness (QED) is 0.673. The van der Waals surface area contributed by atoms with E-state index >= 15 is 0 Å². The Balaban J connectivity index is 2.04. The van der Waals surface area contributed by atoms with Crippen LogP contribution in [0.3, 0.4) is 0 Å². The van der Waals surface area contributed by atoms with Crippen LogP contribution >= 0.6 is 0 Å². The summed E-state index contributed by atoms with van der Waals surface area (Å²) in [7, 11) is -3.75. The van der Waals surface area contributed by atoms with E-state index in [1.165, 1.54) is 22.9 Å². The summed E-state index contributed by atoms with van der Waals surface area (Å²) >= 11 is 0. The van der Waals surface area contributed by atoms with Crippen LogP contribution in [0.5, 0.6) is 0 Å². The number of aryl methyl sites for hydroxylation is 1. The van der Waals surface area contributed by atoms with E-state index in [4.69, 9.17) is 5.11 Å². The fourth-order valence-corrected chi connectivity index (χ4v) is 4.41. The highest BCUT2D eigenvalue weighted by Gasteiger charge is 2.22. The van der Waals surface area contributed by atoms with Crippen molar-refractivity contribution in [3.05, 3.63) is 81.8 Å². The van der Waals surface area contributed by atoms with E-state index < -0.39 is 27.8 Å². The number of benzene rings is 2. The largest absolute Gasteiger partial charge is 0.481 e. The molecule has 0 amide bonds. The van der Waals surface area contributed by atoms with Crippen LogP contribution in [0.25, 0.3) is 0 Å². The summed E-state index contributed by atoms with van der Waals surface area (Å²) < 4.78 is 27.2. The number of carboxylic acid groups (broad SMARTS) is 1. The number of hydrogen-bond acceptors (Lipinski definition) is 4. The Bertz CT molecular complexity index is 1140. The number of aromatic amines is 1. The summed E-state index contributed by atoms with van der Waals surface area (Å²) in [5.74, 6) is -1.10. The van der Waals surface area contributed by atoms with Crippen molar-refractivity contribution >= 4 is 15.8 Å². The molecule has 0 aliphatic rings. The van der Waals surface area contributed by atoms with Crippen molar-refractivity contribution in [1.29, 1.82) is 0 Å². The summed E-state index contributed by atoms with van der Waals surface area (Å²) in [6.07, 6.45) is -0.391. The maximum Gasteiger partial charge on any atom is 0.308 e. The highest BCUT2D eigenvalue weighted by atomic mass is 32.2. The number of H-pyrrole nitrogens is 1. The summed E-state index contributed by atoms with van der Waals surface area (Å²) in [4.78, 5) is 23.7. The maximum absolute atomic E-state index is 13.0. The highest BCUT2D eigenvalue weighted by Crippen LogP contribution is 2.24. The van der Waals surface area contributed by atoms with Crippen molar-refractivity contribution in [3.63, 3.8) is 0 Å². The van der Waals surface area contributed by atoms with Crippen molar-refractivity contribution in [1.82, 2.24) is 9.78 Å². The topological polar surface area (TPSA) is 109 Å². The molecule has 1 aromatic heterocycles. The smallest absolute Gasteiger partial charge is 0.308 e. The Morgan fingerprint density at radius 2 is 1.70 bits per heavy atom. The number of nitrogens with zero attached hydrogens (tertiary/aromatic N) is 1. The molecule has 0 radical (unpaired) electrons. The van der Waals surface area contributed by atoms with Crippen LogP contribution in [-0.2, 0) is 27.6 Å². The number of carboxylic acids is 1. The molecule has 140 valence electrons. The van der Waals surface area contributed by atoms with Crippen molar-refractivity contribution in [3.8, 4) is 0 Å². The van der Waals surface area contributed by atoms with Gasteiger partial charge in [-0.25, -0.2) is 13.1 Å². The van der Waals surface area contributed by atoms with Gasteiger partial charge in [-0.1, -0.05) is 36.4 Å². The minimum absolute atomic E-state index is 0.0124. The molecule has 1 heterocycles. The first-order valence-electron chi connectivity index (χ1n) is 8.19. The van der Waals surface area contributed by atoms with E-state index in [1.807, 2.05) is 0 Å². The van der Waals surface area contributed by atoms with Crippen molar-refractivity contribution in [2.24, 2.45) is 0 Å². The third kappa shape index (κ3) is 3.70. The Labute approximate surface area is 155 Å². The van der Waals surface area contributed by atoms with Crippen LogP contribution in [0.4, 0.5) is 0 Å². The molecule has 0 bridgehead atoms. The van der Waals surface area contributed by atoms with Gasteiger partial charge in [0, 0.05) is 5.69 Å². The lowest BCUT2D eigenvalue weighted by atomic mass is 10.2. The average molecular weight is 386 g/mol. The second kappa shape index (κ2) is 7.24. The maximum atomic E-state index is 13.0. The molecular weight excluding hydrogens is 368 g/mol. The van der Waals surface area contributed by atoms with Gasteiger partial charge in [-0.05, 0) is 30.7 Å². The number of nitrogens with one attached hydrogen (secondary N) is 1. The number of hydrogen-bond donors (Lipinski definition) is 2. The van der Waals surface area contributed by atoms with E-state index in [9.17, 15) is 18.0 Å². The zero-order valence-corrected chi connectivity index (χ0v) is 15.4. The molecule has 2 N–H and O–H groups in total. The second-order valence-electron chi connectivity index (χ2n) is 6.10. The first kappa shape index (κ1) is 18.7. The molecule has 0 fully saturated rings. The monoisotopic (exact) mass is 386 g/mol. The fourth-order valence-electron chi connectivity index (χ4n) is 2.91. The van der Waals surface area contributed by atoms with Gasteiger partial charge in [0.15, 0.2) is 0 Å². The van der Waals surface area contributed by atoms with Crippen LogP contribution in [0.2, 0.25) is 0 Å². The minimum Gasteiger partial charge on any atom is -0.481 e. The molecular formula is C19H18N2O5S. The highest BCUT2D eigenvalue weighted by molar-refractivity contribution is 7.91. The van der Waals surface area contributed by atoms with Crippen LogP contribution < -0.4 is 5.56 Å². The average Bonchev–Trinajstić information content (AvgIpc) is 2.90. The van der Waals surface area contributed by atoms with Gasteiger partial charge in [0.05, 0.1) is 28.3 Å². The van der Waals surface area contributed by atoms with Gasteiger partial charge in [-0.2, -0.15) is 0 Å². The molecule has 7 nitrogen and oxygen atoms in total. The molecule has 0 unspecified atom stereocenters. The van der Waals surface area contributed by atoms with Gasteiger partial charge in [0.1, 0.15) is 0 Å². The van der Waals surface area contributed by atoms with Gasteiger partial charge in [0.25, 0.3) is 5.56 Å². The molecule has 3 aromatic rings. The minimum atomic E-state index is -3.75. The lowest BCUT2D eigenvalue weighted by Gasteiger charge is -2.11. The van der Waals surface area contributed by atoms with Crippen LogP contribution in [0.1, 0.15) is 16.8 Å². The van der Waals surface area contributed by atoms with Crippen LogP contribution in [0.15, 0.2) is 69.2 Å². The van der Waals surface area contributed by atoms with Gasteiger partial charge in [0.2, 0.25) is 9.84 Å². The van der Waals surface area contributed by atoms with Crippen LogP contribution in [-0.4, -0.2) is 29.3 Å². The summed E-state index contributed by atoms with van der Waals surface area (Å²) in [6, 6.07) is 14.5. The van der Waals surface area contributed by atoms with Crippen LogP contribution in [0, 0.1) is 6.92 Å². The molecule has 0 saturated carbocycles. The lowest BCUT2D eigenvalue weighted by Crippen LogP contribution is -2.22. The normalized spacial score (nSPS) is 11.4. The molecule has 2 aromatic carbocycles. The molecule has 0 spiro atoms. The van der Waals surface area contributed by atoms with E-state index in [-0.39, 0.29) is 21.9 Å². The predicted octanol–water partition coefficient (Wildman–Crippen LogP) is 1.99. The number of sulfone groups is 1. The van der Waals surface area contributed by atoms with Gasteiger partial charge in [-0.3, -0.25) is 14.7 Å². The zero-order chi connectivity index (χ0) is 19.6. The van der Waals surface area contributed by atoms with Gasteiger partial charge >= 0.3 is 5.97 Å². The van der Waals surface area contributed by atoms with E-state index in [0.717, 1.165) is 0 Å². The van der Waals surface area contributed by atoms with Crippen molar-refractivity contribution in [2.45, 2.75) is 29.7 Å². The number of rotatable bonds is 6. The predicted molar refractivity (Wildman–Crippen MR) is 98.6 cm³/mol. The first-order valence-corrected chi connectivity index (χ1v) is 9.67. The zero-order valence-electron chi connectivity index (χ0n) is 14.5. The van der Waals surface area contributed by atoms with Crippen molar-refractivity contribution in [2.75, 3.05) is 0 Å². The standard InChI is InChI=1S/C19H18N2O5S/c1-13-16(11-18(22)23)19(24)21(20-13)12-14-7-5-6-10-17(14)27(25,26)15-8-3-2-4-9-15/h2-10,20H,11-12H2,1H3,(H,22,23). The molecule has 0 saturated heterocycles. The summed E-state index contributed by atoms with van der Waals surface area (Å²) in [6.45, 7) is 1.60. The fraction of sp³-hybridized carbons (Fsp3) is 0.158. The SMILES string of the molecule is Cc1[nH]n(Cc2ccccc2S(=O)(=O)c2ccccc2)c(=O)c1CC(=O)O. The Kier molecular flexibility index (Phi) is 5.00. The Morgan fingerprint density at radius 3 is 2.37 bits per heavy atom. The summed E-state index contributed by atoms with van der Waals surface area (Å²) in [5.41, 5.74) is 0.574. The molecule has 27 heavy (non-hydrogen) atoms. The van der Waals surface area contributed by atoms with E-state index in [2.05, 4.69) is 5.10 Å². The second-order valence-corrected chi connectivity index (χ2v) is 8.02. The molecule has 8 heteroatoms. The molecule has 0 aliphatic heterocycles. The first-order chi connectivity index (χ1) is 12.8. The number of carbonyl (C=O) groups is 1. The molecule has 0 aliphatic carbocycles. The lowest BCUT2D eigenvalue weighted by molar-refractivity contribution is -0.136. The summed E-state index contributed by atoms with van der Waals surface area (Å²) in [5, 5.41) is 11.8. The third-order valence-electron chi connectivity index (χ3n) is 4.23.